The SMILES string of the molecule is CCC(CC)(NS(=O)(=O)c1sccc1Br)C(=O)O. The summed E-state index contributed by atoms with van der Waals surface area (Å²) in [5.41, 5.74) is -1.46. The predicted octanol–water partition coefficient (Wildman–Crippen LogP) is 2.43. The van der Waals surface area contributed by atoms with Crippen LogP contribution in [0.15, 0.2) is 20.1 Å². The second-order valence-corrected chi connectivity index (χ2v) is 7.40. The molecule has 1 aromatic heterocycles. The molecule has 1 rings (SSSR count). The third-order valence-electron chi connectivity index (χ3n) is 2.77. The monoisotopic (exact) mass is 355 g/mol. The molecule has 1 aromatic rings. The van der Waals surface area contributed by atoms with E-state index in [0.717, 1.165) is 11.3 Å². The Labute approximate surface area is 118 Å². The molecule has 0 bridgehead atoms. The molecule has 0 fully saturated rings. The third kappa shape index (κ3) is 2.93. The Morgan fingerprint density at radius 2 is 2.06 bits per heavy atom. The first-order chi connectivity index (χ1) is 8.29. The molecule has 0 amide bonds. The second-order valence-electron chi connectivity index (χ2n) is 3.76. The zero-order valence-corrected chi connectivity index (χ0v) is 13.2. The number of carboxylic acids is 1. The normalized spacial score (nSPS) is 12.6. The van der Waals surface area contributed by atoms with Gasteiger partial charge in [0, 0.05) is 4.47 Å². The van der Waals surface area contributed by atoms with Gasteiger partial charge in [-0.2, -0.15) is 4.72 Å². The maximum absolute atomic E-state index is 12.2. The van der Waals surface area contributed by atoms with E-state index in [9.17, 15) is 18.3 Å². The van der Waals surface area contributed by atoms with Crippen molar-refractivity contribution >= 4 is 43.3 Å². The van der Waals surface area contributed by atoms with Crippen LogP contribution in [0.2, 0.25) is 0 Å². The first-order valence-corrected chi connectivity index (χ1v) is 8.45. The minimum Gasteiger partial charge on any atom is -0.480 e. The molecular formula is C10H14BrNO4S2. The summed E-state index contributed by atoms with van der Waals surface area (Å²) in [6, 6.07) is 1.61. The summed E-state index contributed by atoms with van der Waals surface area (Å²) >= 11 is 4.17. The van der Waals surface area contributed by atoms with E-state index >= 15 is 0 Å². The maximum atomic E-state index is 12.2. The topological polar surface area (TPSA) is 83.5 Å². The highest BCUT2D eigenvalue weighted by Gasteiger charge is 2.40. The number of hydrogen-bond donors (Lipinski definition) is 2. The molecule has 0 unspecified atom stereocenters. The van der Waals surface area contributed by atoms with Crippen LogP contribution in [0.4, 0.5) is 0 Å². The Balaban J connectivity index is 3.16. The zero-order valence-electron chi connectivity index (χ0n) is 9.94. The number of thiophene rings is 1. The highest BCUT2D eigenvalue weighted by atomic mass is 79.9. The molecule has 0 aliphatic carbocycles. The van der Waals surface area contributed by atoms with E-state index in [1.165, 1.54) is 0 Å². The third-order valence-corrected chi connectivity index (χ3v) is 6.98. The number of aliphatic carboxylic acids is 1. The fraction of sp³-hybridized carbons (Fsp3) is 0.500. The van der Waals surface area contributed by atoms with Gasteiger partial charge in [-0.05, 0) is 40.2 Å². The average Bonchev–Trinajstić information content (AvgIpc) is 2.73. The highest BCUT2D eigenvalue weighted by molar-refractivity contribution is 9.10. The van der Waals surface area contributed by atoms with Gasteiger partial charge in [-0.1, -0.05) is 13.8 Å². The number of hydrogen-bond acceptors (Lipinski definition) is 4. The Bertz CT molecular complexity index is 534. The first kappa shape index (κ1) is 15.6. The summed E-state index contributed by atoms with van der Waals surface area (Å²) in [4.78, 5) is 11.3. The lowest BCUT2D eigenvalue weighted by Gasteiger charge is -2.27. The van der Waals surface area contributed by atoms with E-state index in [1.807, 2.05) is 0 Å². The summed E-state index contributed by atoms with van der Waals surface area (Å²) in [5, 5.41) is 10.8. The van der Waals surface area contributed by atoms with Crippen LogP contribution in [-0.2, 0) is 14.8 Å². The number of nitrogens with one attached hydrogen (secondary N) is 1. The van der Waals surface area contributed by atoms with Crippen LogP contribution in [0.25, 0.3) is 0 Å². The molecule has 8 heteroatoms. The van der Waals surface area contributed by atoms with Crippen LogP contribution < -0.4 is 4.72 Å². The van der Waals surface area contributed by atoms with Crippen molar-refractivity contribution in [3.8, 4) is 0 Å². The molecule has 0 saturated carbocycles. The van der Waals surface area contributed by atoms with Gasteiger partial charge in [-0.25, -0.2) is 8.42 Å². The van der Waals surface area contributed by atoms with Crippen LogP contribution in [0.3, 0.4) is 0 Å². The van der Waals surface area contributed by atoms with Crippen LogP contribution in [0.5, 0.6) is 0 Å². The highest BCUT2D eigenvalue weighted by Crippen LogP contribution is 2.29. The van der Waals surface area contributed by atoms with Gasteiger partial charge in [0.05, 0.1) is 0 Å². The van der Waals surface area contributed by atoms with Gasteiger partial charge in [0.25, 0.3) is 10.0 Å². The molecule has 0 radical (unpaired) electrons. The van der Waals surface area contributed by atoms with Crippen molar-refractivity contribution in [2.45, 2.75) is 36.4 Å². The van der Waals surface area contributed by atoms with E-state index in [-0.39, 0.29) is 17.1 Å². The van der Waals surface area contributed by atoms with E-state index < -0.39 is 21.5 Å². The van der Waals surface area contributed by atoms with Crippen molar-refractivity contribution in [2.24, 2.45) is 0 Å². The van der Waals surface area contributed by atoms with Crippen molar-refractivity contribution in [2.75, 3.05) is 0 Å². The minimum absolute atomic E-state index is 0.0926. The van der Waals surface area contributed by atoms with Crippen molar-refractivity contribution in [1.82, 2.24) is 4.72 Å². The van der Waals surface area contributed by atoms with Crippen LogP contribution in [0, 0.1) is 0 Å². The summed E-state index contributed by atoms with van der Waals surface area (Å²) in [7, 11) is -3.83. The summed E-state index contributed by atoms with van der Waals surface area (Å²) < 4.78 is 27.1. The summed E-state index contributed by atoms with van der Waals surface area (Å²) in [5.74, 6) is -1.16. The van der Waals surface area contributed by atoms with E-state index in [2.05, 4.69) is 20.7 Å². The van der Waals surface area contributed by atoms with Gasteiger partial charge in [-0.15, -0.1) is 11.3 Å². The largest absolute Gasteiger partial charge is 0.480 e. The quantitative estimate of drug-likeness (QED) is 0.820. The van der Waals surface area contributed by atoms with E-state index in [4.69, 9.17) is 0 Å². The zero-order chi connectivity index (χ0) is 14.0. The molecule has 0 aromatic carbocycles. The van der Waals surface area contributed by atoms with Gasteiger partial charge in [-0.3, -0.25) is 4.79 Å². The molecule has 0 saturated heterocycles. The first-order valence-electron chi connectivity index (χ1n) is 5.29. The molecule has 0 aliphatic rings. The molecule has 18 heavy (non-hydrogen) atoms. The molecule has 1 heterocycles. The Kier molecular flexibility index (Phi) is 4.93. The van der Waals surface area contributed by atoms with Crippen molar-refractivity contribution in [3.63, 3.8) is 0 Å². The van der Waals surface area contributed by atoms with Gasteiger partial charge in [0.2, 0.25) is 0 Å². The number of carboxylic acid groups (broad SMARTS) is 1. The Morgan fingerprint density at radius 3 is 2.39 bits per heavy atom. The van der Waals surface area contributed by atoms with Crippen molar-refractivity contribution < 1.29 is 18.3 Å². The second kappa shape index (κ2) is 5.68. The average molecular weight is 356 g/mol. The maximum Gasteiger partial charge on any atom is 0.324 e. The summed E-state index contributed by atoms with van der Waals surface area (Å²) in [6.45, 7) is 3.28. The van der Waals surface area contributed by atoms with Crippen LogP contribution in [-0.4, -0.2) is 25.0 Å². The molecule has 0 aliphatic heterocycles. The molecule has 2 N–H and O–H groups in total. The van der Waals surface area contributed by atoms with Gasteiger partial charge in [0.1, 0.15) is 9.75 Å². The lowest BCUT2D eigenvalue weighted by Crippen LogP contribution is -2.53. The number of carbonyl (C=O) groups is 1. The minimum atomic E-state index is -3.83. The predicted molar refractivity (Wildman–Crippen MR) is 73.3 cm³/mol. The Hall–Kier alpha value is -0.440. The molecule has 0 spiro atoms. The molecule has 5 nitrogen and oxygen atoms in total. The van der Waals surface area contributed by atoms with Crippen LogP contribution in [0.1, 0.15) is 26.7 Å². The van der Waals surface area contributed by atoms with Crippen molar-refractivity contribution in [1.29, 1.82) is 0 Å². The fourth-order valence-corrected chi connectivity index (χ4v) is 5.36. The number of sulfonamides is 1. The fourth-order valence-electron chi connectivity index (χ4n) is 1.52. The number of halogens is 1. The smallest absolute Gasteiger partial charge is 0.324 e. The van der Waals surface area contributed by atoms with Gasteiger partial charge < -0.3 is 5.11 Å². The van der Waals surface area contributed by atoms with Gasteiger partial charge in [0.15, 0.2) is 0 Å². The lowest BCUT2D eigenvalue weighted by atomic mass is 9.95. The van der Waals surface area contributed by atoms with Gasteiger partial charge >= 0.3 is 5.97 Å². The van der Waals surface area contributed by atoms with Crippen LogP contribution >= 0.6 is 27.3 Å². The number of rotatable bonds is 6. The van der Waals surface area contributed by atoms with E-state index in [0.29, 0.717) is 4.47 Å². The Morgan fingerprint density at radius 1 is 1.50 bits per heavy atom. The lowest BCUT2D eigenvalue weighted by molar-refractivity contribution is -0.144. The van der Waals surface area contributed by atoms with E-state index in [1.54, 1.807) is 25.3 Å². The summed E-state index contributed by atoms with van der Waals surface area (Å²) in [6.07, 6.45) is 0.363. The molecule has 0 atom stereocenters. The molecule has 102 valence electrons. The van der Waals surface area contributed by atoms with Crippen molar-refractivity contribution in [3.05, 3.63) is 15.9 Å². The standard InChI is InChI=1S/C10H14BrNO4S2/c1-3-10(4-2,9(13)14)12-18(15,16)8-7(11)5-6-17-8/h5-6,12H,3-4H2,1-2H3,(H,13,14). The molecular weight excluding hydrogens is 342 g/mol.